The number of likely N-dealkylation sites (tertiary alicyclic amines) is 1. The van der Waals surface area contributed by atoms with Crippen LogP contribution in [0.3, 0.4) is 0 Å². The van der Waals surface area contributed by atoms with E-state index in [1.165, 1.54) is 21.1 Å². The van der Waals surface area contributed by atoms with E-state index in [1.807, 2.05) is 49.2 Å². The Morgan fingerprint density at radius 3 is 2.48 bits per heavy atom. The predicted molar refractivity (Wildman–Crippen MR) is 225 cm³/mol. The fourth-order valence-electron chi connectivity index (χ4n) is 13.9. The third-order valence-electron chi connectivity index (χ3n) is 16.1. The standard InChI is InChI=1S/C46H58F2N4O9S/c1-9-43-13-10-15-52-16-14-44(37(43)52)31-19-32(35(58-5)20-34(31)50(4)38(44)46(56,41(55)60-7)39(43)61-25(2)53)45(40(54)59-6)21-26-17-27(42(3,47)48)23-51(22-26)24-30-29-18-28(62(8)57)11-12-33(29)49-36(30)45/h10-13,18-20,26-27,32,35,37-39,49,56H,9,14-17,21-24H2,1-8H3/t26-,27?,32?,35?,37+,38-,39-,43-,44-,45+,46+,62?/m1/s1. The van der Waals surface area contributed by atoms with E-state index in [1.54, 1.807) is 19.4 Å². The number of aliphatic hydroxyl groups is 1. The summed E-state index contributed by atoms with van der Waals surface area (Å²) in [5.74, 6) is -7.19. The second kappa shape index (κ2) is 14.9. The lowest BCUT2D eigenvalue weighted by Gasteiger charge is -2.63. The molecule has 1 aromatic heterocycles. The van der Waals surface area contributed by atoms with Gasteiger partial charge >= 0.3 is 17.9 Å². The summed E-state index contributed by atoms with van der Waals surface area (Å²) in [6.07, 6.45) is 8.84. The lowest BCUT2D eigenvalue weighted by Crippen LogP contribution is -2.79. The number of halogens is 2. The summed E-state index contributed by atoms with van der Waals surface area (Å²) >= 11 is -1.33. The van der Waals surface area contributed by atoms with Crippen LogP contribution >= 0.6 is 0 Å². The number of likely N-dealkylation sites (N-methyl/N-ethyl adjacent to an activating group) is 1. The van der Waals surface area contributed by atoms with Gasteiger partial charge in [-0.05, 0) is 85.6 Å². The van der Waals surface area contributed by atoms with Gasteiger partial charge in [-0.25, -0.2) is 13.6 Å². The summed E-state index contributed by atoms with van der Waals surface area (Å²) < 4.78 is 67.6. The molecule has 7 aliphatic rings. The SMILES string of the molecule is CC[C@]12C=CCN3CC[C@@]4(C5=CC([C@@]6(C(=O)OC)C[C@H]7CC(C(C)(F)F)CN(Cc8c6[nH]c6ccc([S+](C)[O-])cc86)C7)C(OC)C=C5N(C)[C@H]4[C@@](O)(C(=O)OC)[C@@H]1OC(C)=O)[C@@H]32. The Bertz CT molecular complexity index is 2290. The monoisotopic (exact) mass is 880 g/mol. The first-order chi connectivity index (χ1) is 29.4. The molecule has 0 amide bonds. The van der Waals surface area contributed by atoms with Gasteiger partial charge in [0.05, 0.1) is 26.4 Å². The summed E-state index contributed by atoms with van der Waals surface area (Å²) in [7, 11) is 5.96. The third-order valence-corrected chi connectivity index (χ3v) is 17.0. The number of H-pyrrole nitrogens is 1. The number of nitrogens with zero attached hydrogens (tertiary/aromatic N) is 3. The van der Waals surface area contributed by atoms with Crippen molar-refractivity contribution in [1.29, 1.82) is 0 Å². The van der Waals surface area contributed by atoms with Crippen molar-refractivity contribution >= 4 is 40.0 Å². The number of ether oxygens (including phenoxy) is 4. The van der Waals surface area contributed by atoms with Crippen LogP contribution in [0.2, 0.25) is 0 Å². The minimum atomic E-state index is -2.97. The van der Waals surface area contributed by atoms with Crippen LogP contribution in [0.1, 0.15) is 57.7 Å². The van der Waals surface area contributed by atoms with Crippen LogP contribution in [0.4, 0.5) is 8.78 Å². The first kappa shape index (κ1) is 43.5. The van der Waals surface area contributed by atoms with Crippen LogP contribution in [-0.4, -0.2) is 144 Å². The Labute approximate surface area is 364 Å². The van der Waals surface area contributed by atoms with Crippen molar-refractivity contribution < 1.29 is 51.8 Å². The Kier molecular flexibility index (Phi) is 10.4. The fraction of sp³-hybridized carbons (Fsp3) is 0.630. The fourth-order valence-corrected chi connectivity index (χ4v) is 14.4. The summed E-state index contributed by atoms with van der Waals surface area (Å²) in [4.78, 5) is 53.3. The molecule has 1 saturated carbocycles. The molecule has 9 rings (SSSR count). The number of piperidine rings is 1. The molecule has 13 atom stereocenters. The summed E-state index contributed by atoms with van der Waals surface area (Å²) in [5, 5.41) is 14.1. The zero-order chi connectivity index (χ0) is 44.5. The molecule has 1 spiro atoms. The van der Waals surface area contributed by atoms with Gasteiger partial charge in [0.15, 0.2) is 11.0 Å². The minimum absolute atomic E-state index is 0.150. The number of esters is 3. The molecule has 62 heavy (non-hydrogen) atoms. The topological polar surface area (TPSA) is 157 Å². The molecule has 16 heteroatoms. The maximum Gasteiger partial charge on any atom is 0.344 e. The molecule has 6 heterocycles. The van der Waals surface area contributed by atoms with Crippen LogP contribution in [0.5, 0.6) is 0 Å². The van der Waals surface area contributed by atoms with Crippen LogP contribution in [0, 0.1) is 28.6 Å². The first-order valence-electron chi connectivity index (χ1n) is 21.6. The number of nitrogens with one attached hydrogen (secondary N) is 1. The van der Waals surface area contributed by atoms with Crippen LogP contribution < -0.4 is 0 Å². The van der Waals surface area contributed by atoms with Gasteiger partial charge in [-0.3, -0.25) is 19.4 Å². The van der Waals surface area contributed by atoms with E-state index >= 15 is 13.6 Å². The molecule has 2 aromatic rings. The molecule has 2 aliphatic carbocycles. The van der Waals surface area contributed by atoms with Crippen molar-refractivity contribution in [1.82, 2.24) is 19.7 Å². The second-order valence-electron chi connectivity index (χ2n) is 19.0. The van der Waals surface area contributed by atoms with Crippen molar-refractivity contribution in [2.45, 2.75) is 99.1 Å². The van der Waals surface area contributed by atoms with Crippen molar-refractivity contribution in [2.75, 3.05) is 60.8 Å². The Morgan fingerprint density at radius 2 is 1.84 bits per heavy atom. The number of benzene rings is 1. The van der Waals surface area contributed by atoms with Crippen molar-refractivity contribution in [3.63, 3.8) is 0 Å². The molecule has 336 valence electrons. The second-order valence-corrected chi connectivity index (χ2v) is 20.4. The zero-order valence-electron chi connectivity index (χ0n) is 36.7. The highest BCUT2D eigenvalue weighted by molar-refractivity contribution is 7.90. The molecular formula is C46H58F2N4O9S. The number of aromatic nitrogens is 1. The van der Waals surface area contributed by atoms with Gasteiger partial charge in [0.1, 0.15) is 11.7 Å². The minimum Gasteiger partial charge on any atom is -0.612 e. The van der Waals surface area contributed by atoms with E-state index in [0.717, 1.165) is 23.4 Å². The van der Waals surface area contributed by atoms with Gasteiger partial charge in [-0.2, -0.15) is 0 Å². The molecule has 5 unspecified atom stereocenters. The number of carbonyl (C=O) groups is 3. The normalized spacial score (nSPS) is 39.0. The van der Waals surface area contributed by atoms with Gasteiger partial charge in [-0.15, -0.1) is 0 Å². The highest BCUT2D eigenvalue weighted by Crippen LogP contribution is 2.70. The van der Waals surface area contributed by atoms with Gasteiger partial charge in [0, 0.05) is 104 Å². The van der Waals surface area contributed by atoms with Crippen molar-refractivity contribution in [3.05, 3.63) is 65.0 Å². The first-order valence-corrected chi connectivity index (χ1v) is 23.2. The zero-order valence-corrected chi connectivity index (χ0v) is 37.5. The Balaban J connectivity index is 1.33. The molecule has 1 aromatic carbocycles. The van der Waals surface area contributed by atoms with Crippen molar-refractivity contribution in [3.8, 4) is 0 Å². The summed E-state index contributed by atoms with van der Waals surface area (Å²) in [6.45, 7) is 6.33. The highest BCUT2D eigenvalue weighted by atomic mass is 32.2. The van der Waals surface area contributed by atoms with E-state index in [9.17, 15) is 19.2 Å². The highest BCUT2D eigenvalue weighted by Gasteiger charge is 2.81. The van der Waals surface area contributed by atoms with Gasteiger partial charge in [0.25, 0.3) is 0 Å². The van der Waals surface area contributed by atoms with Crippen LogP contribution in [-0.2, 0) is 56.5 Å². The molecular weight excluding hydrogens is 823 g/mol. The quantitative estimate of drug-likeness (QED) is 0.167. The molecule has 2 bridgehead atoms. The van der Waals surface area contributed by atoms with Gasteiger partial charge < -0.3 is 38.5 Å². The number of methoxy groups -OCH3 is 3. The molecule has 0 radical (unpaired) electrons. The molecule has 4 fully saturated rings. The van der Waals surface area contributed by atoms with E-state index in [0.29, 0.717) is 54.3 Å². The summed E-state index contributed by atoms with van der Waals surface area (Å²) in [6, 6.07) is 4.15. The number of fused-ring (bicyclic) bond motifs is 6. The maximum absolute atomic E-state index is 15.4. The van der Waals surface area contributed by atoms with E-state index in [2.05, 4.69) is 20.9 Å². The number of alkyl halides is 2. The van der Waals surface area contributed by atoms with Gasteiger partial charge in [-0.1, -0.05) is 25.2 Å². The van der Waals surface area contributed by atoms with E-state index in [4.69, 9.17) is 18.9 Å². The number of carbonyl (C=O) groups excluding carboxylic acids is 3. The Morgan fingerprint density at radius 1 is 1.10 bits per heavy atom. The lowest BCUT2D eigenvalue weighted by atomic mass is 9.47. The van der Waals surface area contributed by atoms with E-state index in [-0.39, 0.29) is 37.9 Å². The number of hydrogen-bond donors (Lipinski definition) is 2. The maximum atomic E-state index is 15.4. The summed E-state index contributed by atoms with van der Waals surface area (Å²) in [5.41, 5.74) is -2.33. The number of aromatic amines is 1. The number of allylic oxidation sites excluding steroid dienone is 1. The largest absolute Gasteiger partial charge is 0.612 e. The van der Waals surface area contributed by atoms with Gasteiger partial charge in [0.2, 0.25) is 11.5 Å². The predicted octanol–water partition coefficient (Wildman–Crippen LogP) is 4.46. The number of hydrogen-bond acceptors (Lipinski definition) is 12. The lowest BCUT2D eigenvalue weighted by molar-refractivity contribution is -0.243. The molecule has 5 aliphatic heterocycles. The Hall–Kier alpha value is -3.80. The average Bonchev–Trinajstić information content (AvgIpc) is 3.89. The molecule has 13 nitrogen and oxygen atoms in total. The van der Waals surface area contributed by atoms with Crippen LogP contribution in [0.25, 0.3) is 10.9 Å². The van der Waals surface area contributed by atoms with Crippen molar-refractivity contribution in [2.24, 2.45) is 28.6 Å². The van der Waals surface area contributed by atoms with Crippen LogP contribution in [0.15, 0.2) is 58.7 Å². The number of rotatable bonds is 8. The van der Waals surface area contributed by atoms with E-state index < -0.39 is 86.9 Å². The third kappa shape index (κ3) is 5.77. The molecule has 3 saturated heterocycles. The smallest absolute Gasteiger partial charge is 0.344 e. The molecule has 2 N–H and O–H groups in total. The average molecular weight is 881 g/mol.